The van der Waals surface area contributed by atoms with Crippen LogP contribution in [0.15, 0.2) is 11.6 Å². The number of aliphatic hydroxyl groups is 3. The lowest BCUT2D eigenvalue weighted by molar-refractivity contribution is -0.247. The zero-order chi connectivity index (χ0) is 26.0. The largest absolute Gasteiger partial charge is 0.481 e. The third-order valence-electron chi connectivity index (χ3n) is 13.3. The molecule has 0 amide bonds. The first-order chi connectivity index (χ1) is 16.0. The third kappa shape index (κ3) is 2.90. The summed E-state index contributed by atoms with van der Waals surface area (Å²) in [5.74, 6) is -0.765. The molecule has 0 heterocycles. The van der Waals surface area contributed by atoms with Gasteiger partial charge in [0.05, 0.1) is 23.2 Å². The van der Waals surface area contributed by atoms with Gasteiger partial charge in [-0.05, 0) is 97.7 Å². The van der Waals surface area contributed by atoms with Crippen molar-refractivity contribution >= 4 is 5.97 Å². The highest BCUT2D eigenvalue weighted by Crippen LogP contribution is 2.76. The Bertz CT molecular complexity index is 952. The maximum atomic E-state index is 12.8. The van der Waals surface area contributed by atoms with Crippen molar-refractivity contribution in [3.63, 3.8) is 0 Å². The van der Waals surface area contributed by atoms with E-state index >= 15 is 0 Å². The van der Waals surface area contributed by atoms with Crippen LogP contribution in [0.5, 0.6) is 0 Å². The van der Waals surface area contributed by atoms with Gasteiger partial charge in [-0.15, -0.1) is 0 Å². The average molecular weight is 489 g/mol. The molecule has 5 aliphatic carbocycles. The van der Waals surface area contributed by atoms with E-state index in [2.05, 4.69) is 47.6 Å². The number of rotatable bonds is 1. The molecule has 5 rings (SSSR count). The van der Waals surface area contributed by atoms with E-state index in [1.54, 1.807) is 0 Å². The molecule has 0 aromatic carbocycles. The number of hydrogen-bond donors (Lipinski definition) is 4. The molecule has 0 aromatic heterocycles. The summed E-state index contributed by atoms with van der Waals surface area (Å²) >= 11 is 0. The standard InChI is InChI=1S/C30H48O5/c1-17-10-13-30(24(33)34)15-14-27(5)18(22(30)29(17,7)35)8-9-20-26(4)12-11-21(32)25(2,3)23(26)19(31)16-28(20,27)6/h8,17,19-23,31-32,35H,9-16H2,1-7H3,(H,33,34)/t17-,19+,20-,21+,22-,23-,26-,27-,28-,29-,30+/m1/s1. The van der Waals surface area contributed by atoms with Crippen molar-refractivity contribution in [3.8, 4) is 0 Å². The van der Waals surface area contributed by atoms with E-state index in [0.29, 0.717) is 25.2 Å². The van der Waals surface area contributed by atoms with Crippen molar-refractivity contribution in [3.05, 3.63) is 11.6 Å². The number of carbonyl (C=O) groups is 1. The van der Waals surface area contributed by atoms with E-state index in [4.69, 9.17) is 0 Å². The SMILES string of the molecule is C[C@@H]1CC[C@]2(C(=O)O)CC[C@]3(C)C(=CC[C@@H]4[C@@]5(C)CC[C@H](O)C(C)(C)[C@H]5[C@@H](O)C[C@]43C)[C@@H]2[C@]1(C)O. The van der Waals surface area contributed by atoms with Crippen LogP contribution in [0.2, 0.25) is 0 Å². The maximum Gasteiger partial charge on any atom is 0.310 e. The van der Waals surface area contributed by atoms with Gasteiger partial charge in [-0.25, -0.2) is 0 Å². The summed E-state index contributed by atoms with van der Waals surface area (Å²) in [6.07, 6.45) is 7.27. The van der Waals surface area contributed by atoms with Gasteiger partial charge in [0.2, 0.25) is 0 Å². The molecule has 0 aliphatic heterocycles. The molecule has 4 saturated carbocycles. The Kier molecular flexibility index (Phi) is 5.40. The van der Waals surface area contributed by atoms with Gasteiger partial charge in [-0.2, -0.15) is 0 Å². The summed E-state index contributed by atoms with van der Waals surface area (Å²) in [6.45, 7) is 15.2. The second-order valence-electron chi connectivity index (χ2n) is 14.9. The monoisotopic (exact) mass is 488 g/mol. The van der Waals surface area contributed by atoms with Crippen LogP contribution in [-0.2, 0) is 4.79 Å². The molecular formula is C30H48O5. The molecule has 11 atom stereocenters. The quantitative estimate of drug-likeness (QED) is 0.382. The minimum atomic E-state index is -1.08. The Morgan fingerprint density at radius 1 is 0.971 bits per heavy atom. The predicted octanol–water partition coefficient (Wildman–Crippen LogP) is 5.18. The Labute approximate surface area is 211 Å². The normalized spacial score (nSPS) is 57.1. The van der Waals surface area contributed by atoms with Crippen LogP contribution in [0, 0.1) is 50.7 Å². The second-order valence-corrected chi connectivity index (χ2v) is 14.9. The zero-order valence-corrected chi connectivity index (χ0v) is 22.9. The molecule has 4 N–H and O–H groups in total. The van der Waals surface area contributed by atoms with Crippen molar-refractivity contribution in [2.75, 3.05) is 0 Å². The molecule has 5 nitrogen and oxygen atoms in total. The highest BCUT2D eigenvalue weighted by Gasteiger charge is 2.72. The minimum Gasteiger partial charge on any atom is -0.481 e. The van der Waals surface area contributed by atoms with E-state index in [-0.39, 0.29) is 33.5 Å². The first kappa shape index (κ1) is 25.7. The predicted molar refractivity (Wildman–Crippen MR) is 135 cm³/mol. The van der Waals surface area contributed by atoms with Gasteiger partial charge in [-0.1, -0.05) is 53.2 Å². The zero-order valence-electron chi connectivity index (χ0n) is 22.9. The van der Waals surface area contributed by atoms with Crippen molar-refractivity contribution in [1.82, 2.24) is 0 Å². The highest BCUT2D eigenvalue weighted by atomic mass is 16.4. The number of hydrogen-bond acceptors (Lipinski definition) is 4. The molecule has 0 saturated heterocycles. The van der Waals surface area contributed by atoms with Gasteiger partial charge < -0.3 is 20.4 Å². The second kappa shape index (κ2) is 7.35. The summed E-state index contributed by atoms with van der Waals surface area (Å²) in [5.41, 5.74) is -1.80. The van der Waals surface area contributed by atoms with Crippen LogP contribution in [0.25, 0.3) is 0 Å². The fourth-order valence-electron chi connectivity index (χ4n) is 11.0. The van der Waals surface area contributed by atoms with Crippen molar-refractivity contribution in [2.24, 2.45) is 50.7 Å². The Balaban J connectivity index is 1.67. The summed E-state index contributed by atoms with van der Waals surface area (Å²) < 4.78 is 0. The molecule has 198 valence electrons. The maximum absolute atomic E-state index is 12.8. The molecule has 35 heavy (non-hydrogen) atoms. The number of aliphatic hydroxyl groups excluding tert-OH is 2. The van der Waals surface area contributed by atoms with E-state index in [9.17, 15) is 25.2 Å². The molecule has 0 bridgehead atoms. The van der Waals surface area contributed by atoms with Crippen LogP contribution >= 0.6 is 0 Å². The van der Waals surface area contributed by atoms with Crippen molar-refractivity contribution in [1.29, 1.82) is 0 Å². The van der Waals surface area contributed by atoms with Crippen molar-refractivity contribution < 1.29 is 25.2 Å². The molecule has 0 unspecified atom stereocenters. The lowest BCUT2D eigenvalue weighted by Gasteiger charge is -2.72. The van der Waals surface area contributed by atoms with Gasteiger partial charge in [0.15, 0.2) is 0 Å². The Morgan fingerprint density at radius 3 is 2.26 bits per heavy atom. The van der Waals surface area contributed by atoms with Crippen LogP contribution in [0.3, 0.4) is 0 Å². The fraction of sp³-hybridized carbons (Fsp3) is 0.900. The lowest BCUT2D eigenvalue weighted by Crippen LogP contribution is -2.70. The average Bonchev–Trinajstić information content (AvgIpc) is 2.74. The number of fused-ring (bicyclic) bond motifs is 7. The number of carboxylic acids is 1. The lowest BCUT2D eigenvalue weighted by atomic mass is 9.32. The molecule has 0 radical (unpaired) electrons. The van der Waals surface area contributed by atoms with Gasteiger partial charge in [-0.3, -0.25) is 4.79 Å². The smallest absolute Gasteiger partial charge is 0.310 e. The summed E-state index contributed by atoms with van der Waals surface area (Å²) in [6, 6.07) is 0. The molecule has 5 heteroatoms. The van der Waals surface area contributed by atoms with Crippen molar-refractivity contribution in [2.45, 2.75) is 118 Å². The number of carboxylic acid groups (broad SMARTS) is 1. The molecule has 0 spiro atoms. The Morgan fingerprint density at radius 2 is 1.63 bits per heavy atom. The number of aliphatic carboxylic acids is 1. The van der Waals surface area contributed by atoms with Gasteiger partial charge in [0.25, 0.3) is 0 Å². The first-order valence-electron chi connectivity index (χ1n) is 14.0. The first-order valence-corrected chi connectivity index (χ1v) is 14.0. The van der Waals surface area contributed by atoms with Crippen LogP contribution < -0.4 is 0 Å². The van der Waals surface area contributed by atoms with E-state index in [1.165, 1.54) is 0 Å². The fourth-order valence-corrected chi connectivity index (χ4v) is 11.0. The topological polar surface area (TPSA) is 98.0 Å². The van der Waals surface area contributed by atoms with E-state index in [0.717, 1.165) is 37.7 Å². The summed E-state index contributed by atoms with van der Waals surface area (Å²) in [5, 5.41) is 45.1. The van der Waals surface area contributed by atoms with Gasteiger partial charge >= 0.3 is 5.97 Å². The molecule has 5 aliphatic rings. The third-order valence-corrected chi connectivity index (χ3v) is 13.3. The van der Waals surface area contributed by atoms with E-state index in [1.807, 2.05) is 6.92 Å². The minimum absolute atomic E-state index is 0.0230. The van der Waals surface area contributed by atoms with Gasteiger partial charge in [0, 0.05) is 5.92 Å². The van der Waals surface area contributed by atoms with Crippen LogP contribution in [-0.4, -0.2) is 44.2 Å². The van der Waals surface area contributed by atoms with Gasteiger partial charge in [0.1, 0.15) is 0 Å². The van der Waals surface area contributed by atoms with Crippen LogP contribution in [0.1, 0.15) is 99.8 Å². The molecular weight excluding hydrogens is 440 g/mol. The Hall–Kier alpha value is -0.910. The molecule has 4 fully saturated rings. The van der Waals surface area contributed by atoms with Crippen LogP contribution in [0.4, 0.5) is 0 Å². The van der Waals surface area contributed by atoms with E-state index < -0.39 is 35.1 Å². The summed E-state index contributed by atoms with van der Waals surface area (Å²) in [7, 11) is 0. The highest BCUT2D eigenvalue weighted by molar-refractivity contribution is 5.77. The molecule has 0 aromatic rings. The number of allylic oxidation sites excluding steroid dienone is 1. The summed E-state index contributed by atoms with van der Waals surface area (Å²) in [4.78, 5) is 12.8.